The van der Waals surface area contributed by atoms with Crippen LogP contribution in [-0.2, 0) is 11.2 Å². The molecule has 2 aromatic rings. The minimum absolute atomic E-state index is 0.219. The van der Waals surface area contributed by atoms with Crippen molar-refractivity contribution >= 4 is 11.7 Å². The molecule has 1 heterocycles. The van der Waals surface area contributed by atoms with E-state index in [2.05, 4.69) is 0 Å². The number of benzene rings is 2. The average Bonchev–Trinajstić information content (AvgIpc) is 2.47. The van der Waals surface area contributed by atoms with Crippen LogP contribution >= 0.6 is 0 Å². The van der Waals surface area contributed by atoms with Gasteiger partial charge in [-0.1, -0.05) is 18.2 Å². The van der Waals surface area contributed by atoms with Gasteiger partial charge in [0.1, 0.15) is 6.10 Å². The molecule has 2 atom stereocenters. The summed E-state index contributed by atoms with van der Waals surface area (Å²) in [5, 5.41) is 18.7. The molecule has 3 rings (SSSR count). The Balaban J connectivity index is 1.88. The first-order chi connectivity index (χ1) is 9.65. The average molecular weight is 271 g/mol. The third-order valence-corrected chi connectivity index (χ3v) is 3.42. The first-order valence-electron chi connectivity index (χ1n) is 6.27. The van der Waals surface area contributed by atoms with Gasteiger partial charge in [-0.25, -0.2) is 10.0 Å². The van der Waals surface area contributed by atoms with Crippen molar-refractivity contribution in [1.29, 1.82) is 0 Å². The Kier molecular flexibility index (Phi) is 3.23. The summed E-state index contributed by atoms with van der Waals surface area (Å²) in [6.45, 7) is 0. The van der Waals surface area contributed by atoms with Gasteiger partial charge in [0, 0.05) is 18.6 Å². The molecule has 0 bridgehead atoms. The van der Waals surface area contributed by atoms with Crippen LogP contribution in [0, 0.1) is 5.21 Å². The molecule has 20 heavy (non-hydrogen) atoms. The predicted molar refractivity (Wildman–Crippen MR) is 70.5 cm³/mol. The third kappa shape index (κ3) is 2.30. The molecule has 2 aromatic carbocycles. The summed E-state index contributed by atoms with van der Waals surface area (Å²) in [7, 11) is 0. The third-order valence-electron chi connectivity index (χ3n) is 3.42. The number of hydrogen-bond donors (Lipinski definition) is 2. The van der Waals surface area contributed by atoms with Gasteiger partial charge in [-0.15, -0.1) is 0 Å². The normalized spacial score (nSPS) is 19.1. The number of esters is 1. The monoisotopic (exact) mass is 271 g/mol. The summed E-state index contributed by atoms with van der Waals surface area (Å²) in [6, 6.07) is 13.8. The Morgan fingerprint density at radius 2 is 1.85 bits per heavy atom. The number of carbonyl (C=O) groups is 1. The van der Waals surface area contributed by atoms with E-state index < -0.39 is 5.23 Å². The molecule has 102 valence electrons. The van der Waals surface area contributed by atoms with E-state index in [1.54, 1.807) is 18.2 Å². The van der Waals surface area contributed by atoms with E-state index in [1.807, 2.05) is 18.2 Å². The van der Waals surface area contributed by atoms with Crippen molar-refractivity contribution < 1.29 is 20.0 Å². The van der Waals surface area contributed by atoms with E-state index in [1.165, 1.54) is 12.1 Å². The highest BCUT2D eigenvalue weighted by Gasteiger charge is 2.27. The van der Waals surface area contributed by atoms with Crippen LogP contribution < -0.4 is 5.23 Å². The number of fused-ring (bicyclic) bond motifs is 1. The van der Waals surface area contributed by atoms with Crippen LogP contribution in [0.3, 0.4) is 0 Å². The Morgan fingerprint density at radius 3 is 2.55 bits per heavy atom. The minimum atomic E-state index is -0.970. The molecule has 0 fully saturated rings. The Bertz CT molecular complexity index is 637. The zero-order valence-electron chi connectivity index (χ0n) is 10.6. The SMILES string of the molecule is O=C1OC(c2ccc([NH+]([O-])O)cc2)Cc2ccccc21. The summed E-state index contributed by atoms with van der Waals surface area (Å²) in [5.41, 5.74) is 2.58. The summed E-state index contributed by atoms with van der Waals surface area (Å²) in [5.74, 6) is -0.334. The van der Waals surface area contributed by atoms with Crippen molar-refractivity contribution in [2.45, 2.75) is 12.5 Å². The highest BCUT2D eigenvalue weighted by molar-refractivity contribution is 5.92. The highest BCUT2D eigenvalue weighted by atomic mass is 16.8. The van der Waals surface area contributed by atoms with Crippen LogP contribution in [-0.4, -0.2) is 11.2 Å². The lowest BCUT2D eigenvalue weighted by Crippen LogP contribution is -2.99. The van der Waals surface area contributed by atoms with E-state index in [9.17, 15) is 10.0 Å². The minimum Gasteiger partial charge on any atom is -0.595 e. The van der Waals surface area contributed by atoms with Crippen molar-refractivity contribution in [3.8, 4) is 0 Å². The molecule has 0 saturated heterocycles. The van der Waals surface area contributed by atoms with Crippen molar-refractivity contribution in [3.05, 3.63) is 70.4 Å². The molecule has 1 aliphatic heterocycles. The molecule has 0 saturated carbocycles. The van der Waals surface area contributed by atoms with Crippen LogP contribution in [0.25, 0.3) is 0 Å². The van der Waals surface area contributed by atoms with Crippen LogP contribution in [0.5, 0.6) is 0 Å². The number of carbonyl (C=O) groups excluding carboxylic acids is 1. The number of hydrogen-bond acceptors (Lipinski definition) is 4. The molecular weight excluding hydrogens is 258 g/mol. The summed E-state index contributed by atoms with van der Waals surface area (Å²) >= 11 is 0. The van der Waals surface area contributed by atoms with Crippen LogP contribution in [0.1, 0.15) is 27.6 Å². The predicted octanol–water partition coefficient (Wildman–Crippen LogP) is 1.54. The van der Waals surface area contributed by atoms with E-state index in [0.717, 1.165) is 11.1 Å². The molecule has 1 aliphatic rings. The molecule has 0 aliphatic carbocycles. The molecule has 0 radical (unpaired) electrons. The van der Waals surface area contributed by atoms with Gasteiger partial charge in [0.2, 0.25) is 0 Å². The maximum atomic E-state index is 11.9. The van der Waals surface area contributed by atoms with Gasteiger partial charge in [0.05, 0.1) is 5.56 Å². The van der Waals surface area contributed by atoms with Crippen molar-refractivity contribution in [1.82, 2.24) is 0 Å². The van der Waals surface area contributed by atoms with E-state index >= 15 is 0 Å². The maximum Gasteiger partial charge on any atom is 0.339 e. The molecule has 0 spiro atoms. The quantitative estimate of drug-likeness (QED) is 0.642. The lowest BCUT2D eigenvalue weighted by atomic mass is 9.95. The molecule has 2 N–H and O–H groups in total. The fourth-order valence-electron chi connectivity index (χ4n) is 2.36. The second-order valence-corrected chi connectivity index (χ2v) is 4.68. The second kappa shape index (κ2) is 5.05. The second-order valence-electron chi connectivity index (χ2n) is 4.68. The lowest BCUT2D eigenvalue weighted by molar-refractivity contribution is -0.991. The topological polar surface area (TPSA) is 74.0 Å². The Morgan fingerprint density at radius 1 is 1.15 bits per heavy atom. The molecular formula is C15H13NO4. The van der Waals surface area contributed by atoms with Gasteiger partial charge >= 0.3 is 5.97 Å². The Labute approximate surface area is 115 Å². The maximum absolute atomic E-state index is 11.9. The van der Waals surface area contributed by atoms with Crippen LogP contribution in [0.2, 0.25) is 0 Å². The van der Waals surface area contributed by atoms with Crippen LogP contribution in [0.4, 0.5) is 5.69 Å². The van der Waals surface area contributed by atoms with Gasteiger partial charge in [-0.2, -0.15) is 5.23 Å². The Hall–Kier alpha value is -2.21. The van der Waals surface area contributed by atoms with Gasteiger partial charge in [0.25, 0.3) is 0 Å². The van der Waals surface area contributed by atoms with Gasteiger partial charge in [0.15, 0.2) is 5.69 Å². The largest absolute Gasteiger partial charge is 0.595 e. The molecule has 0 aromatic heterocycles. The zero-order valence-corrected chi connectivity index (χ0v) is 10.6. The zero-order chi connectivity index (χ0) is 14.1. The highest BCUT2D eigenvalue weighted by Crippen LogP contribution is 2.30. The summed E-state index contributed by atoms with van der Waals surface area (Å²) in [6.07, 6.45) is 0.245. The van der Waals surface area contributed by atoms with Crippen molar-refractivity contribution in [2.75, 3.05) is 0 Å². The first-order valence-corrected chi connectivity index (χ1v) is 6.27. The van der Waals surface area contributed by atoms with Gasteiger partial charge < -0.3 is 9.94 Å². The van der Waals surface area contributed by atoms with Gasteiger partial charge in [-0.05, 0) is 29.3 Å². The summed E-state index contributed by atoms with van der Waals surface area (Å²) in [4.78, 5) is 11.9. The van der Waals surface area contributed by atoms with Gasteiger partial charge in [-0.3, -0.25) is 0 Å². The fourth-order valence-corrected chi connectivity index (χ4v) is 2.36. The summed E-state index contributed by atoms with van der Waals surface area (Å²) < 4.78 is 5.41. The fraction of sp³-hybridized carbons (Fsp3) is 0.133. The van der Waals surface area contributed by atoms with E-state index in [-0.39, 0.29) is 17.8 Å². The number of ether oxygens (including phenoxy) is 1. The van der Waals surface area contributed by atoms with Crippen LogP contribution in [0.15, 0.2) is 48.5 Å². The number of quaternary nitrogens is 1. The van der Waals surface area contributed by atoms with Crippen molar-refractivity contribution in [2.24, 2.45) is 0 Å². The molecule has 5 heteroatoms. The smallest absolute Gasteiger partial charge is 0.339 e. The first kappa shape index (κ1) is 12.8. The van der Waals surface area contributed by atoms with E-state index in [4.69, 9.17) is 9.94 Å². The standard InChI is InChI=1S/C15H13NO4/c17-15-13-4-2-1-3-11(13)9-14(20-15)10-5-7-12(8-6-10)16(18)19/h1-8,14,16,18H,9H2. The number of cyclic esters (lactones) is 1. The van der Waals surface area contributed by atoms with E-state index in [0.29, 0.717) is 12.0 Å². The molecule has 2 unspecified atom stereocenters. The number of rotatable bonds is 2. The number of nitrogens with one attached hydrogen (secondary N) is 1. The molecule has 5 nitrogen and oxygen atoms in total. The van der Waals surface area contributed by atoms with Crippen molar-refractivity contribution in [3.63, 3.8) is 0 Å². The lowest BCUT2D eigenvalue weighted by Gasteiger charge is -2.25. The molecule has 0 amide bonds.